The van der Waals surface area contributed by atoms with E-state index in [0.717, 1.165) is 16.6 Å². The Balaban J connectivity index is 1.89. The Labute approximate surface area is 163 Å². The molecule has 0 atom stereocenters. The maximum atomic E-state index is 12.7. The second kappa shape index (κ2) is 8.08. The van der Waals surface area contributed by atoms with Crippen molar-refractivity contribution in [2.45, 2.75) is 32.7 Å². The quantitative estimate of drug-likeness (QED) is 0.715. The van der Waals surface area contributed by atoms with Gasteiger partial charge in [-0.3, -0.25) is 4.79 Å². The van der Waals surface area contributed by atoms with Gasteiger partial charge >= 0.3 is 0 Å². The fourth-order valence-corrected chi connectivity index (χ4v) is 5.33. The van der Waals surface area contributed by atoms with Gasteiger partial charge in [0.15, 0.2) is 4.80 Å². The smallest absolute Gasteiger partial charge is 0.251 e. The summed E-state index contributed by atoms with van der Waals surface area (Å²) in [6.45, 7) is 7.27. The predicted octanol–water partition coefficient (Wildman–Crippen LogP) is 2.55. The number of allylic oxidation sites excluding steroid dienone is 1. The third-order valence-corrected chi connectivity index (χ3v) is 7.29. The molecule has 2 heterocycles. The molecule has 3 rings (SSSR count). The number of carbonyl (C=O) groups excluding carboxylic acids is 1. The number of rotatable bonds is 5. The van der Waals surface area contributed by atoms with Gasteiger partial charge in [-0.2, -0.15) is 4.99 Å². The van der Waals surface area contributed by atoms with Crippen LogP contribution in [0.1, 0.15) is 25.3 Å². The van der Waals surface area contributed by atoms with Crippen LogP contribution in [-0.2, 0) is 27.8 Å². The first-order valence-electron chi connectivity index (χ1n) is 9.10. The molecule has 146 valence electrons. The van der Waals surface area contributed by atoms with Crippen LogP contribution in [0.5, 0.6) is 0 Å². The number of fused-ring (bicyclic) bond motifs is 1. The lowest BCUT2D eigenvalue weighted by molar-refractivity contribution is -0.122. The summed E-state index contributed by atoms with van der Waals surface area (Å²) in [5, 5.41) is 0. The van der Waals surface area contributed by atoms with E-state index in [2.05, 4.69) is 36.7 Å². The van der Waals surface area contributed by atoms with E-state index in [1.54, 1.807) is 6.08 Å². The lowest BCUT2D eigenvalue weighted by Gasteiger charge is -2.28. The molecular weight excluding hydrogens is 382 g/mol. The Morgan fingerprint density at radius 2 is 2.07 bits per heavy atom. The third kappa shape index (κ3) is 4.39. The highest BCUT2D eigenvalue weighted by Crippen LogP contribution is 2.22. The maximum Gasteiger partial charge on any atom is 0.251 e. The van der Waals surface area contributed by atoms with Crippen LogP contribution in [0.4, 0.5) is 0 Å². The second-order valence-corrected chi connectivity index (χ2v) is 9.82. The van der Waals surface area contributed by atoms with Gasteiger partial charge in [-0.05, 0) is 37.0 Å². The van der Waals surface area contributed by atoms with Gasteiger partial charge in [0.05, 0.1) is 16.5 Å². The molecule has 1 amide bonds. The minimum atomic E-state index is -3.19. The molecule has 0 unspecified atom stereocenters. The van der Waals surface area contributed by atoms with E-state index < -0.39 is 10.0 Å². The van der Waals surface area contributed by atoms with Crippen LogP contribution in [0.15, 0.2) is 35.8 Å². The summed E-state index contributed by atoms with van der Waals surface area (Å²) in [5.74, 6) is -0.389. The van der Waals surface area contributed by atoms with E-state index in [9.17, 15) is 13.2 Å². The molecule has 6 nitrogen and oxygen atoms in total. The fourth-order valence-electron chi connectivity index (χ4n) is 3.35. The Kier molecular flexibility index (Phi) is 5.98. The molecular formula is C19H25N3O3S2. The average molecular weight is 408 g/mol. The summed E-state index contributed by atoms with van der Waals surface area (Å²) in [4.78, 5) is 17.8. The molecule has 1 fully saturated rings. The summed E-state index contributed by atoms with van der Waals surface area (Å²) < 4.78 is 27.8. The third-order valence-electron chi connectivity index (χ3n) is 4.95. The lowest BCUT2D eigenvalue weighted by Crippen LogP contribution is -2.39. The summed E-state index contributed by atoms with van der Waals surface area (Å²) in [5.41, 5.74) is 2.30. The molecule has 0 radical (unpaired) electrons. The van der Waals surface area contributed by atoms with E-state index in [4.69, 9.17) is 0 Å². The number of nitrogens with zero attached hydrogens (tertiary/aromatic N) is 3. The highest BCUT2D eigenvalue weighted by Gasteiger charge is 2.28. The van der Waals surface area contributed by atoms with Crippen molar-refractivity contribution in [2.24, 2.45) is 10.9 Å². The SMILES string of the molecule is C=CCn1c(=NC(=O)C2CCN(S(C)(=O)=O)CC2)sc2cc(CC)ccc21. The Morgan fingerprint density at radius 1 is 1.37 bits per heavy atom. The monoisotopic (exact) mass is 407 g/mol. The first kappa shape index (κ1) is 20.0. The number of sulfonamides is 1. The fraction of sp³-hybridized carbons (Fsp3) is 0.474. The van der Waals surface area contributed by atoms with Crippen molar-refractivity contribution < 1.29 is 13.2 Å². The normalized spacial score (nSPS) is 17.5. The predicted molar refractivity (Wildman–Crippen MR) is 109 cm³/mol. The molecule has 1 aliphatic rings. The molecule has 8 heteroatoms. The van der Waals surface area contributed by atoms with Crippen molar-refractivity contribution in [2.75, 3.05) is 19.3 Å². The van der Waals surface area contributed by atoms with Gasteiger partial charge in [0.2, 0.25) is 10.0 Å². The van der Waals surface area contributed by atoms with E-state index in [-0.39, 0.29) is 11.8 Å². The maximum absolute atomic E-state index is 12.7. The molecule has 27 heavy (non-hydrogen) atoms. The van der Waals surface area contributed by atoms with Gasteiger partial charge < -0.3 is 4.57 Å². The average Bonchev–Trinajstić information content (AvgIpc) is 2.97. The topological polar surface area (TPSA) is 71.7 Å². The van der Waals surface area contributed by atoms with E-state index in [0.29, 0.717) is 37.3 Å². The molecule has 1 aliphatic heterocycles. The standard InChI is InChI=1S/C19H25N3O3S2/c1-4-10-22-16-7-6-14(5-2)13-17(16)26-19(22)20-18(23)15-8-11-21(12-9-15)27(3,24)25/h4,6-7,13,15H,1,5,8-12H2,2-3H3. The number of benzene rings is 1. The number of aromatic nitrogens is 1. The van der Waals surface area contributed by atoms with Crippen LogP contribution in [0.25, 0.3) is 10.2 Å². The first-order chi connectivity index (χ1) is 12.8. The molecule has 2 aromatic rings. The van der Waals surface area contributed by atoms with Gasteiger partial charge in [0, 0.05) is 25.6 Å². The van der Waals surface area contributed by atoms with Gasteiger partial charge in [-0.15, -0.1) is 6.58 Å². The van der Waals surface area contributed by atoms with Crippen LogP contribution >= 0.6 is 11.3 Å². The number of aryl methyl sites for hydroxylation is 1. The van der Waals surface area contributed by atoms with Crippen molar-refractivity contribution in [1.29, 1.82) is 0 Å². The summed E-state index contributed by atoms with van der Waals surface area (Å²) in [6, 6.07) is 6.32. The van der Waals surface area contributed by atoms with Crippen LogP contribution in [0.2, 0.25) is 0 Å². The molecule has 1 aromatic heterocycles. The van der Waals surface area contributed by atoms with E-state index in [1.165, 1.54) is 27.5 Å². The Hall–Kier alpha value is -1.77. The van der Waals surface area contributed by atoms with Crippen molar-refractivity contribution in [1.82, 2.24) is 8.87 Å². The Bertz CT molecular complexity index is 1030. The molecule has 0 aliphatic carbocycles. The van der Waals surface area contributed by atoms with Crippen LogP contribution in [-0.4, -0.2) is 42.5 Å². The number of carbonyl (C=O) groups is 1. The number of hydrogen-bond acceptors (Lipinski definition) is 4. The number of piperidine rings is 1. The zero-order valence-electron chi connectivity index (χ0n) is 15.7. The van der Waals surface area contributed by atoms with Crippen molar-refractivity contribution >= 4 is 37.5 Å². The number of thiazole rings is 1. The largest absolute Gasteiger partial charge is 0.313 e. The van der Waals surface area contributed by atoms with E-state index >= 15 is 0 Å². The summed E-state index contributed by atoms with van der Waals surface area (Å²) in [7, 11) is -3.19. The molecule has 0 saturated carbocycles. The number of amides is 1. The minimum absolute atomic E-state index is 0.164. The molecule has 0 bridgehead atoms. The Morgan fingerprint density at radius 3 is 2.67 bits per heavy atom. The van der Waals surface area contributed by atoms with Gasteiger partial charge in [0.1, 0.15) is 0 Å². The second-order valence-electron chi connectivity index (χ2n) is 6.83. The van der Waals surface area contributed by atoms with Gasteiger partial charge in [0.25, 0.3) is 5.91 Å². The highest BCUT2D eigenvalue weighted by atomic mass is 32.2. The van der Waals surface area contributed by atoms with Crippen molar-refractivity contribution in [3.63, 3.8) is 0 Å². The molecule has 0 spiro atoms. The summed E-state index contributed by atoms with van der Waals surface area (Å²) >= 11 is 1.51. The van der Waals surface area contributed by atoms with Crippen LogP contribution < -0.4 is 4.80 Å². The highest BCUT2D eigenvalue weighted by molar-refractivity contribution is 7.88. The van der Waals surface area contributed by atoms with Gasteiger partial charge in [-0.25, -0.2) is 12.7 Å². The molecule has 1 aromatic carbocycles. The number of hydrogen-bond donors (Lipinski definition) is 0. The minimum Gasteiger partial charge on any atom is -0.313 e. The van der Waals surface area contributed by atoms with Crippen LogP contribution in [0.3, 0.4) is 0 Å². The zero-order chi connectivity index (χ0) is 19.6. The van der Waals surface area contributed by atoms with Gasteiger partial charge in [-0.1, -0.05) is 30.4 Å². The van der Waals surface area contributed by atoms with E-state index in [1.807, 2.05) is 4.57 Å². The zero-order valence-corrected chi connectivity index (χ0v) is 17.4. The van der Waals surface area contributed by atoms with Crippen molar-refractivity contribution in [3.05, 3.63) is 41.2 Å². The molecule has 0 N–H and O–H groups in total. The summed E-state index contributed by atoms with van der Waals surface area (Å²) in [6.07, 6.45) is 5.00. The van der Waals surface area contributed by atoms with Crippen molar-refractivity contribution in [3.8, 4) is 0 Å². The lowest BCUT2D eigenvalue weighted by atomic mass is 9.98. The first-order valence-corrected chi connectivity index (χ1v) is 11.8. The molecule has 1 saturated heterocycles. The van der Waals surface area contributed by atoms with Crippen LogP contribution in [0, 0.1) is 5.92 Å².